The maximum absolute atomic E-state index is 11.3. The van der Waals surface area contributed by atoms with Crippen LogP contribution in [0.4, 0.5) is 4.79 Å². The molecule has 1 aromatic carbocycles. The highest BCUT2D eigenvalue weighted by Crippen LogP contribution is 2.31. The topological polar surface area (TPSA) is 66.8 Å². The second-order valence-corrected chi connectivity index (χ2v) is 4.25. The van der Waals surface area contributed by atoms with Gasteiger partial charge in [0.2, 0.25) is 0 Å². The van der Waals surface area contributed by atoms with Crippen LogP contribution in [-0.2, 0) is 4.74 Å². The number of methoxy groups -OCH3 is 1. The fourth-order valence-electron chi connectivity index (χ4n) is 2.30. The van der Waals surface area contributed by atoms with Crippen LogP contribution in [0.2, 0.25) is 0 Å². The van der Waals surface area contributed by atoms with Crippen molar-refractivity contribution in [2.24, 2.45) is 0 Å². The Morgan fingerprint density at radius 3 is 2.56 bits per heavy atom. The molecule has 1 atom stereocenters. The Hall–Kier alpha value is -2.04. The van der Waals surface area contributed by atoms with E-state index in [-0.39, 0.29) is 12.0 Å². The van der Waals surface area contributed by atoms with Crippen molar-refractivity contribution in [2.75, 3.05) is 13.7 Å². The molecule has 0 radical (unpaired) electrons. The molecule has 18 heavy (non-hydrogen) atoms. The summed E-state index contributed by atoms with van der Waals surface area (Å²) in [6.45, 7) is 0.568. The zero-order valence-corrected chi connectivity index (χ0v) is 10.1. The zero-order chi connectivity index (χ0) is 13.1. The van der Waals surface area contributed by atoms with Crippen molar-refractivity contribution in [2.45, 2.75) is 18.9 Å². The molecule has 1 fully saturated rings. The smallest absolute Gasteiger partial charge is 0.407 e. The molecule has 1 saturated heterocycles. The van der Waals surface area contributed by atoms with Gasteiger partial charge in [0.1, 0.15) is 0 Å². The number of carboxylic acid groups (broad SMARTS) is 1. The maximum Gasteiger partial charge on any atom is 0.407 e. The van der Waals surface area contributed by atoms with Crippen LogP contribution >= 0.6 is 0 Å². The highest BCUT2D eigenvalue weighted by atomic mass is 16.5. The number of rotatable bonds is 2. The fraction of sp³-hybridized carbons (Fsp3) is 0.385. The van der Waals surface area contributed by atoms with Crippen molar-refractivity contribution in [1.29, 1.82) is 0 Å². The Kier molecular flexibility index (Phi) is 3.50. The van der Waals surface area contributed by atoms with Crippen molar-refractivity contribution in [3.05, 3.63) is 35.4 Å². The van der Waals surface area contributed by atoms with Crippen LogP contribution < -0.4 is 0 Å². The standard InChI is InChI=1S/C13H15NO4/c1-18-12(15)10-6-4-9(5-7-10)11-3-2-8-14(11)13(16)17/h4-7,11H,2-3,8H2,1H3,(H,16,17). The molecule has 1 N–H and O–H groups in total. The molecule has 0 aromatic heterocycles. The van der Waals surface area contributed by atoms with Gasteiger partial charge in [0, 0.05) is 6.54 Å². The zero-order valence-electron chi connectivity index (χ0n) is 10.1. The van der Waals surface area contributed by atoms with E-state index in [1.165, 1.54) is 12.0 Å². The lowest BCUT2D eigenvalue weighted by Gasteiger charge is -2.21. The number of nitrogens with zero attached hydrogens (tertiary/aromatic N) is 1. The predicted molar refractivity (Wildman–Crippen MR) is 64.5 cm³/mol. The van der Waals surface area contributed by atoms with E-state index in [9.17, 15) is 9.59 Å². The maximum atomic E-state index is 11.3. The highest BCUT2D eigenvalue weighted by molar-refractivity contribution is 5.89. The van der Waals surface area contributed by atoms with Gasteiger partial charge in [0.25, 0.3) is 0 Å². The number of carbonyl (C=O) groups excluding carboxylic acids is 1. The lowest BCUT2D eigenvalue weighted by molar-refractivity contribution is 0.0600. The van der Waals surface area contributed by atoms with Crippen LogP contribution in [0.5, 0.6) is 0 Å². The third-order valence-corrected chi connectivity index (χ3v) is 3.22. The van der Waals surface area contributed by atoms with Crippen LogP contribution in [-0.4, -0.2) is 35.7 Å². The lowest BCUT2D eigenvalue weighted by Crippen LogP contribution is -2.28. The number of ether oxygens (including phenoxy) is 1. The summed E-state index contributed by atoms with van der Waals surface area (Å²) < 4.78 is 4.62. The summed E-state index contributed by atoms with van der Waals surface area (Å²) in [5.41, 5.74) is 1.39. The molecule has 0 bridgehead atoms. The summed E-state index contributed by atoms with van der Waals surface area (Å²) in [5, 5.41) is 9.08. The Morgan fingerprint density at radius 2 is 2.00 bits per heavy atom. The summed E-state index contributed by atoms with van der Waals surface area (Å²) in [6, 6.07) is 6.81. The molecule has 1 aliphatic heterocycles. The van der Waals surface area contributed by atoms with E-state index < -0.39 is 6.09 Å². The van der Waals surface area contributed by atoms with Gasteiger partial charge >= 0.3 is 12.1 Å². The van der Waals surface area contributed by atoms with Crippen LogP contribution in [0.1, 0.15) is 34.8 Å². The molecule has 1 heterocycles. The first-order valence-electron chi connectivity index (χ1n) is 5.81. The van der Waals surface area contributed by atoms with E-state index in [1.807, 2.05) is 0 Å². The minimum absolute atomic E-state index is 0.103. The molecule has 96 valence electrons. The van der Waals surface area contributed by atoms with Crippen molar-refractivity contribution in [3.63, 3.8) is 0 Å². The third kappa shape index (κ3) is 2.30. The number of carbonyl (C=O) groups is 2. The first-order chi connectivity index (χ1) is 8.63. The number of benzene rings is 1. The first-order valence-corrected chi connectivity index (χ1v) is 5.81. The Balaban J connectivity index is 2.19. The molecule has 5 heteroatoms. The molecule has 0 spiro atoms. The summed E-state index contributed by atoms with van der Waals surface area (Å²) in [5.74, 6) is -0.386. The van der Waals surface area contributed by atoms with E-state index in [0.29, 0.717) is 12.1 Å². The quantitative estimate of drug-likeness (QED) is 0.816. The van der Waals surface area contributed by atoms with Gasteiger partial charge in [-0.2, -0.15) is 0 Å². The molecule has 0 saturated carbocycles. The van der Waals surface area contributed by atoms with Crippen LogP contribution in [0.25, 0.3) is 0 Å². The van der Waals surface area contributed by atoms with Crippen LogP contribution in [0.3, 0.4) is 0 Å². The summed E-state index contributed by atoms with van der Waals surface area (Å²) in [4.78, 5) is 23.8. The Morgan fingerprint density at radius 1 is 1.33 bits per heavy atom. The average Bonchev–Trinajstić information content (AvgIpc) is 2.87. The molecule has 1 aromatic rings. The molecule has 5 nitrogen and oxygen atoms in total. The van der Waals surface area contributed by atoms with E-state index in [2.05, 4.69) is 4.74 Å². The van der Waals surface area contributed by atoms with Crippen LogP contribution in [0.15, 0.2) is 24.3 Å². The van der Waals surface area contributed by atoms with E-state index in [4.69, 9.17) is 5.11 Å². The van der Waals surface area contributed by atoms with Crippen LogP contribution in [0, 0.1) is 0 Å². The first kappa shape index (κ1) is 12.4. The monoisotopic (exact) mass is 249 g/mol. The third-order valence-electron chi connectivity index (χ3n) is 3.22. The van der Waals surface area contributed by atoms with Gasteiger partial charge in [-0.25, -0.2) is 9.59 Å². The molecule has 1 aliphatic rings. The number of esters is 1. The average molecular weight is 249 g/mol. The normalized spacial score (nSPS) is 18.7. The summed E-state index contributed by atoms with van der Waals surface area (Å²) >= 11 is 0. The highest BCUT2D eigenvalue weighted by Gasteiger charge is 2.29. The van der Waals surface area contributed by atoms with Crippen molar-refractivity contribution in [1.82, 2.24) is 4.90 Å². The number of hydrogen-bond donors (Lipinski definition) is 1. The van der Waals surface area contributed by atoms with Gasteiger partial charge in [0.15, 0.2) is 0 Å². The molecule has 1 amide bonds. The number of hydrogen-bond acceptors (Lipinski definition) is 3. The van der Waals surface area contributed by atoms with Crippen molar-refractivity contribution in [3.8, 4) is 0 Å². The van der Waals surface area contributed by atoms with Gasteiger partial charge in [-0.1, -0.05) is 12.1 Å². The fourth-order valence-corrected chi connectivity index (χ4v) is 2.30. The van der Waals surface area contributed by atoms with E-state index >= 15 is 0 Å². The Bertz CT molecular complexity index is 455. The molecule has 1 unspecified atom stereocenters. The lowest BCUT2D eigenvalue weighted by atomic mass is 10.0. The minimum Gasteiger partial charge on any atom is -0.465 e. The van der Waals surface area contributed by atoms with Crippen molar-refractivity contribution >= 4 is 12.1 Å². The Labute approximate surface area is 105 Å². The largest absolute Gasteiger partial charge is 0.465 e. The second-order valence-electron chi connectivity index (χ2n) is 4.25. The van der Waals surface area contributed by atoms with Gasteiger partial charge in [0.05, 0.1) is 18.7 Å². The molecular formula is C13H15NO4. The summed E-state index contributed by atoms with van der Waals surface area (Å²) in [6.07, 6.45) is 0.800. The molecule has 0 aliphatic carbocycles. The number of likely N-dealkylation sites (tertiary alicyclic amines) is 1. The minimum atomic E-state index is -0.894. The SMILES string of the molecule is COC(=O)c1ccc(C2CCCN2C(=O)O)cc1. The van der Waals surface area contributed by atoms with Gasteiger partial charge in [-0.3, -0.25) is 0 Å². The van der Waals surface area contributed by atoms with E-state index in [0.717, 1.165) is 18.4 Å². The predicted octanol–water partition coefficient (Wildman–Crippen LogP) is 2.29. The second kappa shape index (κ2) is 5.08. The molecular weight excluding hydrogens is 234 g/mol. The van der Waals surface area contributed by atoms with Gasteiger partial charge in [-0.15, -0.1) is 0 Å². The number of amides is 1. The van der Waals surface area contributed by atoms with Gasteiger partial charge < -0.3 is 14.7 Å². The molecule has 2 rings (SSSR count). The summed E-state index contributed by atoms with van der Waals surface area (Å²) in [7, 11) is 1.33. The van der Waals surface area contributed by atoms with Gasteiger partial charge in [-0.05, 0) is 30.5 Å². The van der Waals surface area contributed by atoms with E-state index in [1.54, 1.807) is 24.3 Å². The van der Waals surface area contributed by atoms with Crippen molar-refractivity contribution < 1.29 is 19.4 Å².